The maximum absolute atomic E-state index is 13.3. The summed E-state index contributed by atoms with van der Waals surface area (Å²) in [5, 5.41) is 12.2. The molecule has 0 heterocycles. The Bertz CT molecular complexity index is 1090. The lowest BCUT2D eigenvalue weighted by molar-refractivity contribution is -0.139. The molecule has 7 heteroatoms. The van der Waals surface area contributed by atoms with E-state index >= 15 is 0 Å². The molecular formula is C23H16F3NO3. The minimum absolute atomic E-state index is 0.615. The van der Waals surface area contributed by atoms with Gasteiger partial charge >= 0.3 is 12.1 Å². The quantitative estimate of drug-likeness (QED) is 0.654. The molecule has 0 spiro atoms. The molecule has 0 bridgehead atoms. The normalized spacial score (nSPS) is 14.0. The van der Waals surface area contributed by atoms with Gasteiger partial charge in [-0.15, -0.1) is 0 Å². The summed E-state index contributed by atoms with van der Waals surface area (Å²) in [6, 6.07) is 17.3. The molecule has 0 radical (unpaired) electrons. The minimum Gasteiger partial charge on any atom is -0.480 e. The lowest BCUT2D eigenvalue weighted by Gasteiger charge is -2.24. The number of nitrogens with one attached hydrogen (secondary N) is 1. The number of alkyl halides is 3. The third-order valence-corrected chi connectivity index (χ3v) is 5.24. The molecule has 1 atom stereocenters. The summed E-state index contributed by atoms with van der Waals surface area (Å²) >= 11 is 0. The fourth-order valence-corrected chi connectivity index (χ4v) is 3.99. The molecule has 3 aromatic rings. The van der Waals surface area contributed by atoms with E-state index in [-0.39, 0.29) is 0 Å². The number of aliphatic carboxylic acids is 1. The van der Waals surface area contributed by atoms with Gasteiger partial charge in [-0.3, -0.25) is 4.79 Å². The van der Waals surface area contributed by atoms with Crippen LogP contribution in [0.15, 0.2) is 72.8 Å². The maximum atomic E-state index is 13.3. The first-order valence-electron chi connectivity index (χ1n) is 9.17. The summed E-state index contributed by atoms with van der Waals surface area (Å²) in [5.74, 6) is -3.14. The molecule has 2 N–H and O–H groups in total. The molecule has 4 nitrogen and oxygen atoms in total. The van der Waals surface area contributed by atoms with Crippen molar-refractivity contribution < 1.29 is 27.9 Å². The van der Waals surface area contributed by atoms with Crippen LogP contribution in [0.5, 0.6) is 0 Å². The Kier molecular flexibility index (Phi) is 4.81. The minimum atomic E-state index is -4.74. The first-order valence-corrected chi connectivity index (χ1v) is 9.17. The van der Waals surface area contributed by atoms with Crippen molar-refractivity contribution in [2.45, 2.75) is 18.1 Å². The van der Waals surface area contributed by atoms with Crippen LogP contribution in [-0.4, -0.2) is 23.0 Å². The van der Waals surface area contributed by atoms with Crippen molar-refractivity contribution in [1.29, 1.82) is 0 Å². The van der Waals surface area contributed by atoms with Crippen molar-refractivity contribution >= 4 is 11.9 Å². The predicted octanol–water partition coefficient (Wildman–Crippen LogP) is 4.70. The van der Waals surface area contributed by atoms with Crippen molar-refractivity contribution in [1.82, 2.24) is 5.32 Å². The Morgan fingerprint density at radius 3 is 1.87 bits per heavy atom. The topological polar surface area (TPSA) is 66.4 Å². The van der Waals surface area contributed by atoms with Gasteiger partial charge in [0.05, 0.1) is 11.1 Å². The van der Waals surface area contributed by atoms with Gasteiger partial charge in [0.25, 0.3) is 5.91 Å². The summed E-state index contributed by atoms with van der Waals surface area (Å²) in [6.45, 7) is 0. The van der Waals surface area contributed by atoms with Gasteiger partial charge in [-0.05, 0) is 34.4 Å². The summed E-state index contributed by atoms with van der Waals surface area (Å²) in [7, 11) is 0. The molecule has 0 unspecified atom stereocenters. The Morgan fingerprint density at radius 2 is 1.33 bits per heavy atom. The summed E-state index contributed by atoms with van der Waals surface area (Å²) < 4.78 is 39.9. The highest BCUT2D eigenvalue weighted by Crippen LogP contribution is 2.46. The van der Waals surface area contributed by atoms with E-state index in [4.69, 9.17) is 0 Å². The molecular weight excluding hydrogens is 395 g/mol. The molecule has 0 fully saturated rings. The molecule has 30 heavy (non-hydrogen) atoms. The molecule has 1 amide bonds. The Labute approximate surface area is 170 Å². The van der Waals surface area contributed by atoms with Crippen molar-refractivity contribution in [2.24, 2.45) is 0 Å². The maximum Gasteiger partial charge on any atom is 0.417 e. The lowest BCUT2D eigenvalue weighted by Crippen LogP contribution is -2.45. The standard InChI is InChI=1S/C23H16F3NO3/c24-23(25,26)18-12-6-5-11-17(18)21(28)27-20(22(29)30)19-15-9-3-1-7-13(15)14-8-2-4-10-16(14)19/h1-12,19-20H,(H,27,28)(H,29,30)/t20-/m1/s1. The van der Waals surface area contributed by atoms with E-state index in [9.17, 15) is 27.9 Å². The van der Waals surface area contributed by atoms with E-state index in [0.29, 0.717) is 11.1 Å². The average Bonchev–Trinajstić information content (AvgIpc) is 3.05. The van der Waals surface area contributed by atoms with E-state index in [1.165, 1.54) is 12.1 Å². The van der Waals surface area contributed by atoms with E-state index in [2.05, 4.69) is 5.32 Å². The number of hydrogen-bond acceptors (Lipinski definition) is 2. The molecule has 4 rings (SSSR count). The Morgan fingerprint density at radius 1 is 0.833 bits per heavy atom. The van der Waals surface area contributed by atoms with Crippen LogP contribution in [0, 0.1) is 0 Å². The number of amides is 1. The SMILES string of the molecule is O=C(N[C@@H](C(=O)O)C1c2ccccc2-c2ccccc21)c1ccccc1C(F)(F)F. The van der Waals surface area contributed by atoms with Crippen LogP contribution in [0.25, 0.3) is 11.1 Å². The zero-order valence-electron chi connectivity index (χ0n) is 15.5. The number of carbonyl (C=O) groups is 2. The van der Waals surface area contributed by atoms with Crippen LogP contribution >= 0.6 is 0 Å². The second-order valence-corrected chi connectivity index (χ2v) is 6.98. The van der Waals surface area contributed by atoms with Crippen molar-refractivity contribution in [3.05, 3.63) is 95.1 Å². The summed E-state index contributed by atoms with van der Waals surface area (Å²) in [6.07, 6.45) is -4.74. The largest absolute Gasteiger partial charge is 0.480 e. The average molecular weight is 411 g/mol. The fourth-order valence-electron chi connectivity index (χ4n) is 3.99. The Balaban J connectivity index is 1.75. The highest BCUT2D eigenvalue weighted by atomic mass is 19.4. The number of fused-ring (bicyclic) bond motifs is 3. The Hall–Kier alpha value is -3.61. The number of carboxylic acids is 1. The second kappa shape index (κ2) is 7.33. The number of hydrogen-bond donors (Lipinski definition) is 2. The van der Waals surface area contributed by atoms with E-state index < -0.39 is 41.1 Å². The molecule has 0 aromatic heterocycles. The van der Waals surface area contributed by atoms with Crippen LogP contribution in [-0.2, 0) is 11.0 Å². The summed E-state index contributed by atoms with van der Waals surface area (Å²) in [4.78, 5) is 24.9. The van der Waals surface area contributed by atoms with Crippen LogP contribution in [0.1, 0.15) is 33.0 Å². The molecule has 1 aliphatic rings. The number of rotatable bonds is 4. The first-order chi connectivity index (χ1) is 14.3. The number of benzene rings is 3. The van der Waals surface area contributed by atoms with Crippen LogP contribution in [0.3, 0.4) is 0 Å². The predicted molar refractivity (Wildman–Crippen MR) is 104 cm³/mol. The molecule has 1 aliphatic carbocycles. The highest BCUT2D eigenvalue weighted by Gasteiger charge is 2.40. The molecule has 152 valence electrons. The van der Waals surface area contributed by atoms with Gasteiger partial charge in [-0.25, -0.2) is 4.79 Å². The lowest BCUT2D eigenvalue weighted by atomic mass is 9.89. The van der Waals surface area contributed by atoms with E-state index in [0.717, 1.165) is 23.3 Å². The number of carbonyl (C=O) groups excluding carboxylic acids is 1. The smallest absolute Gasteiger partial charge is 0.417 e. The van der Waals surface area contributed by atoms with E-state index in [1.54, 1.807) is 24.3 Å². The van der Waals surface area contributed by atoms with Gasteiger partial charge in [0.15, 0.2) is 0 Å². The van der Waals surface area contributed by atoms with Crippen LogP contribution < -0.4 is 5.32 Å². The van der Waals surface area contributed by atoms with Gasteiger partial charge in [0, 0.05) is 5.92 Å². The third-order valence-electron chi connectivity index (χ3n) is 5.24. The van der Waals surface area contributed by atoms with Crippen LogP contribution in [0.2, 0.25) is 0 Å². The van der Waals surface area contributed by atoms with Gasteiger partial charge < -0.3 is 10.4 Å². The van der Waals surface area contributed by atoms with Gasteiger partial charge in [0.2, 0.25) is 0 Å². The summed E-state index contributed by atoms with van der Waals surface area (Å²) in [5.41, 5.74) is 1.37. The van der Waals surface area contributed by atoms with Gasteiger partial charge in [0.1, 0.15) is 6.04 Å². The monoisotopic (exact) mass is 411 g/mol. The molecule has 3 aromatic carbocycles. The zero-order valence-corrected chi connectivity index (χ0v) is 15.5. The zero-order chi connectivity index (χ0) is 21.5. The second-order valence-electron chi connectivity index (χ2n) is 6.98. The van der Waals surface area contributed by atoms with Crippen molar-refractivity contribution in [3.8, 4) is 11.1 Å². The number of halogens is 3. The molecule has 0 saturated heterocycles. The molecule has 0 saturated carbocycles. The van der Waals surface area contributed by atoms with Crippen molar-refractivity contribution in [2.75, 3.05) is 0 Å². The van der Waals surface area contributed by atoms with E-state index in [1.807, 2.05) is 24.3 Å². The van der Waals surface area contributed by atoms with Crippen molar-refractivity contribution in [3.63, 3.8) is 0 Å². The van der Waals surface area contributed by atoms with Gasteiger partial charge in [-0.2, -0.15) is 13.2 Å². The molecule has 0 aliphatic heterocycles. The first kappa shape index (κ1) is 19.7. The van der Waals surface area contributed by atoms with Crippen LogP contribution in [0.4, 0.5) is 13.2 Å². The van der Waals surface area contributed by atoms with Gasteiger partial charge in [-0.1, -0.05) is 60.7 Å². The number of carboxylic acid groups (broad SMARTS) is 1. The third kappa shape index (κ3) is 3.32. The highest BCUT2D eigenvalue weighted by molar-refractivity contribution is 5.99. The fraction of sp³-hybridized carbons (Fsp3) is 0.130.